The van der Waals surface area contributed by atoms with E-state index >= 15 is 0 Å². The third-order valence-corrected chi connectivity index (χ3v) is 2.58. The van der Waals surface area contributed by atoms with Gasteiger partial charge in [0.1, 0.15) is 11.9 Å². The summed E-state index contributed by atoms with van der Waals surface area (Å²) in [6.07, 6.45) is 2.13. The average Bonchev–Trinajstić information content (AvgIpc) is 2.77. The highest BCUT2D eigenvalue weighted by Crippen LogP contribution is 2.03. The van der Waals surface area contributed by atoms with Gasteiger partial charge in [0.2, 0.25) is 0 Å². The Morgan fingerprint density at radius 3 is 2.71 bits per heavy atom. The lowest BCUT2D eigenvalue weighted by Crippen LogP contribution is -2.32. The number of ether oxygens (including phenoxy) is 1. The summed E-state index contributed by atoms with van der Waals surface area (Å²) in [5.74, 6) is 1.37. The van der Waals surface area contributed by atoms with Crippen LogP contribution in [0.5, 0.6) is 0 Å². The van der Waals surface area contributed by atoms with Crippen molar-refractivity contribution in [2.45, 2.75) is 45.7 Å². The second-order valence-corrected chi connectivity index (χ2v) is 3.79. The summed E-state index contributed by atoms with van der Waals surface area (Å²) in [7, 11) is 1.34. The molecule has 1 aromatic rings. The molecule has 96 valence electrons. The predicted molar refractivity (Wildman–Crippen MR) is 63.4 cm³/mol. The highest BCUT2D eigenvalue weighted by molar-refractivity contribution is 5.75. The van der Waals surface area contributed by atoms with E-state index in [0.717, 1.165) is 24.5 Å². The van der Waals surface area contributed by atoms with Gasteiger partial charge in [0.05, 0.1) is 7.11 Å². The van der Waals surface area contributed by atoms with Crippen molar-refractivity contribution in [1.82, 2.24) is 14.8 Å². The van der Waals surface area contributed by atoms with Gasteiger partial charge in [0.15, 0.2) is 5.82 Å². The van der Waals surface area contributed by atoms with Gasteiger partial charge in [-0.15, -0.1) is 0 Å². The van der Waals surface area contributed by atoms with Crippen LogP contribution in [-0.4, -0.2) is 33.9 Å². The van der Waals surface area contributed by atoms with Crippen LogP contribution in [0.3, 0.4) is 0 Å². The molecule has 1 atom stereocenters. The quantitative estimate of drug-likeness (QED) is 0.723. The summed E-state index contributed by atoms with van der Waals surface area (Å²) in [4.78, 5) is 15.5. The molecule has 2 N–H and O–H groups in total. The number of hydrogen-bond donors (Lipinski definition) is 1. The molecule has 1 aromatic heterocycles. The van der Waals surface area contributed by atoms with Crippen LogP contribution in [0.1, 0.15) is 31.9 Å². The van der Waals surface area contributed by atoms with E-state index in [1.807, 2.05) is 18.5 Å². The second kappa shape index (κ2) is 6.34. The molecular formula is C11H20N4O2. The zero-order valence-corrected chi connectivity index (χ0v) is 10.6. The number of nitrogens with two attached hydrogens (primary N) is 1. The van der Waals surface area contributed by atoms with Gasteiger partial charge in [-0.05, 0) is 6.42 Å². The van der Waals surface area contributed by atoms with Crippen LogP contribution < -0.4 is 5.73 Å². The van der Waals surface area contributed by atoms with Gasteiger partial charge in [-0.3, -0.25) is 4.79 Å². The Bertz CT molecular complexity index is 376. The number of carbonyl (C=O) groups excluding carboxylic acids is 1. The summed E-state index contributed by atoms with van der Waals surface area (Å²) < 4.78 is 6.40. The zero-order valence-electron chi connectivity index (χ0n) is 10.6. The molecule has 0 fully saturated rings. The van der Waals surface area contributed by atoms with Crippen molar-refractivity contribution in [1.29, 1.82) is 0 Å². The maximum absolute atomic E-state index is 11.2. The van der Waals surface area contributed by atoms with E-state index in [1.165, 1.54) is 7.11 Å². The number of esters is 1. The fourth-order valence-electron chi connectivity index (χ4n) is 1.55. The molecule has 0 aliphatic rings. The highest BCUT2D eigenvalue weighted by Gasteiger charge is 2.15. The van der Waals surface area contributed by atoms with Crippen molar-refractivity contribution in [3.05, 3.63) is 11.6 Å². The third kappa shape index (κ3) is 3.52. The van der Waals surface area contributed by atoms with E-state index in [1.54, 1.807) is 0 Å². The minimum Gasteiger partial charge on any atom is -0.468 e. The van der Waals surface area contributed by atoms with Crippen molar-refractivity contribution < 1.29 is 9.53 Å². The number of carbonyl (C=O) groups is 1. The van der Waals surface area contributed by atoms with Crippen molar-refractivity contribution in [3.8, 4) is 0 Å². The Balaban J connectivity index is 2.62. The van der Waals surface area contributed by atoms with Crippen molar-refractivity contribution in [3.63, 3.8) is 0 Å². The van der Waals surface area contributed by atoms with Crippen molar-refractivity contribution >= 4 is 5.97 Å². The molecule has 6 nitrogen and oxygen atoms in total. The highest BCUT2D eigenvalue weighted by atomic mass is 16.5. The van der Waals surface area contributed by atoms with E-state index < -0.39 is 6.04 Å². The first-order valence-corrected chi connectivity index (χ1v) is 5.88. The molecule has 6 heteroatoms. The summed E-state index contributed by atoms with van der Waals surface area (Å²) in [5, 5.41) is 4.35. The zero-order chi connectivity index (χ0) is 12.8. The average molecular weight is 240 g/mol. The molecule has 0 amide bonds. The summed E-state index contributed by atoms with van der Waals surface area (Å²) in [6, 6.07) is -0.598. The normalized spacial score (nSPS) is 12.5. The summed E-state index contributed by atoms with van der Waals surface area (Å²) >= 11 is 0. The molecule has 0 aliphatic carbocycles. The first kappa shape index (κ1) is 13.6. The van der Waals surface area contributed by atoms with Crippen LogP contribution in [0.4, 0.5) is 0 Å². The molecule has 1 rings (SSSR count). The van der Waals surface area contributed by atoms with Crippen LogP contribution in [0.25, 0.3) is 0 Å². The lowest BCUT2D eigenvalue weighted by atomic mass is 10.2. The van der Waals surface area contributed by atoms with E-state index in [4.69, 9.17) is 5.73 Å². The minimum atomic E-state index is -0.598. The maximum atomic E-state index is 11.2. The lowest BCUT2D eigenvalue weighted by molar-refractivity contribution is -0.142. The van der Waals surface area contributed by atoms with Crippen LogP contribution in [0.2, 0.25) is 0 Å². The topological polar surface area (TPSA) is 83.0 Å². The minimum absolute atomic E-state index is 0.390. The second-order valence-electron chi connectivity index (χ2n) is 3.79. The first-order chi connectivity index (χ1) is 8.12. The predicted octanol–water partition coefficient (Wildman–Crippen LogP) is 0.293. The van der Waals surface area contributed by atoms with Gasteiger partial charge in [0.25, 0.3) is 0 Å². The van der Waals surface area contributed by atoms with E-state index in [9.17, 15) is 4.79 Å². The largest absolute Gasteiger partial charge is 0.468 e. The summed E-state index contributed by atoms with van der Waals surface area (Å²) in [6.45, 7) is 4.63. The van der Waals surface area contributed by atoms with E-state index in [2.05, 4.69) is 14.8 Å². The Labute approximate surface area is 101 Å². The number of rotatable bonds is 6. The molecular weight excluding hydrogens is 220 g/mol. The van der Waals surface area contributed by atoms with Crippen LogP contribution in [0, 0.1) is 0 Å². The Morgan fingerprint density at radius 1 is 1.47 bits per heavy atom. The van der Waals surface area contributed by atoms with Gasteiger partial charge < -0.3 is 10.5 Å². The lowest BCUT2D eigenvalue weighted by Gasteiger charge is -2.09. The summed E-state index contributed by atoms with van der Waals surface area (Å²) in [5.41, 5.74) is 5.67. The molecule has 0 aliphatic heterocycles. The Morgan fingerprint density at radius 2 is 2.18 bits per heavy atom. The number of aromatic nitrogens is 3. The van der Waals surface area contributed by atoms with E-state index in [0.29, 0.717) is 13.0 Å². The van der Waals surface area contributed by atoms with Crippen LogP contribution >= 0.6 is 0 Å². The van der Waals surface area contributed by atoms with Crippen LogP contribution in [0.15, 0.2) is 0 Å². The number of aryl methyl sites for hydroxylation is 3. The SMILES string of the molecule is CCc1nc(CC)n(CCC(N)C(=O)OC)n1. The molecule has 1 unspecified atom stereocenters. The van der Waals surface area contributed by atoms with Gasteiger partial charge in [0, 0.05) is 19.4 Å². The van der Waals surface area contributed by atoms with Crippen molar-refractivity contribution in [2.24, 2.45) is 5.73 Å². The number of methoxy groups -OCH3 is 1. The molecule has 17 heavy (non-hydrogen) atoms. The number of hydrogen-bond acceptors (Lipinski definition) is 5. The maximum Gasteiger partial charge on any atom is 0.322 e. The van der Waals surface area contributed by atoms with Gasteiger partial charge in [-0.25, -0.2) is 9.67 Å². The fourth-order valence-corrected chi connectivity index (χ4v) is 1.55. The standard InChI is InChI=1S/C11H20N4O2/c1-4-9-13-10(5-2)15(14-9)7-6-8(12)11(16)17-3/h8H,4-7,12H2,1-3H3. The first-order valence-electron chi connectivity index (χ1n) is 5.88. The van der Waals surface area contributed by atoms with E-state index in [-0.39, 0.29) is 5.97 Å². The molecule has 0 spiro atoms. The van der Waals surface area contributed by atoms with Gasteiger partial charge in [-0.1, -0.05) is 13.8 Å². The van der Waals surface area contributed by atoms with Crippen LogP contribution in [-0.2, 0) is 28.9 Å². The van der Waals surface area contributed by atoms with Gasteiger partial charge in [-0.2, -0.15) is 5.10 Å². The monoisotopic (exact) mass is 240 g/mol. The Kier molecular flexibility index (Phi) is 5.09. The third-order valence-electron chi connectivity index (χ3n) is 2.58. The van der Waals surface area contributed by atoms with Gasteiger partial charge >= 0.3 is 5.97 Å². The number of nitrogens with zero attached hydrogens (tertiary/aromatic N) is 3. The van der Waals surface area contributed by atoms with Crippen molar-refractivity contribution in [2.75, 3.05) is 7.11 Å². The smallest absolute Gasteiger partial charge is 0.322 e. The molecule has 0 saturated carbocycles. The fraction of sp³-hybridized carbons (Fsp3) is 0.727. The molecule has 0 radical (unpaired) electrons. The molecule has 0 saturated heterocycles. The molecule has 0 bridgehead atoms. The Hall–Kier alpha value is -1.43. The molecule has 0 aromatic carbocycles. The molecule has 1 heterocycles.